The Morgan fingerprint density at radius 3 is 1.28 bits per heavy atom. The minimum absolute atomic E-state index is 0.245. The predicted octanol–water partition coefficient (Wildman–Crippen LogP) is 2.68. The zero-order valence-electron chi connectivity index (χ0n) is 9.56. The fourth-order valence-corrected chi connectivity index (χ4v) is 1.89. The van der Waals surface area contributed by atoms with Gasteiger partial charge in [0.25, 0.3) is 0 Å². The van der Waals surface area contributed by atoms with Gasteiger partial charge in [0.05, 0.1) is 12.4 Å². The summed E-state index contributed by atoms with van der Waals surface area (Å²) < 4.78 is 3.68. The first-order valence-electron chi connectivity index (χ1n) is 5.57. The van der Waals surface area contributed by atoms with Gasteiger partial charge in [-0.15, -0.1) is 0 Å². The molecule has 0 fully saturated rings. The van der Waals surface area contributed by atoms with E-state index in [0.29, 0.717) is 0 Å². The number of rotatable bonds is 2. The number of hydrogen-bond acceptors (Lipinski definition) is 2. The summed E-state index contributed by atoms with van der Waals surface area (Å²) in [6, 6.07) is 11.1. The quantitative estimate of drug-likeness (QED) is 0.723. The van der Waals surface area contributed by atoms with E-state index in [1.165, 1.54) is 0 Å². The van der Waals surface area contributed by atoms with Gasteiger partial charge in [0.1, 0.15) is 11.5 Å². The molecule has 3 aromatic rings. The van der Waals surface area contributed by atoms with Crippen molar-refractivity contribution in [2.24, 2.45) is 0 Å². The van der Waals surface area contributed by atoms with Crippen LogP contribution in [0.1, 0.15) is 0 Å². The molecule has 0 bridgehead atoms. The Morgan fingerprint density at radius 1 is 0.611 bits per heavy atom. The highest BCUT2D eigenvalue weighted by Crippen LogP contribution is 2.18. The molecule has 0 saturated heterocycles. The summed E-state index contributed by atoms with van der Waals surface area (Å²) in [6.07, 6.45) is 6.89. The van der Waals surface area contributed by atoms with E-state index in [-0.39, 0.29) is 11.5 Å². The Morgan fingerprint density at radius 2 is 1.00 bits per heavy atom. The van der Waals surface area contributed by atoms with Gasteiger partial charge >= 0.3 is 0 Å². The fourth-order valence-electron chi connectivity index (χ4n) is 1.89. The fraction of sp³-hybridized carbons (Fsp3) is 0. The van der Waals surface area contributed by atoms with E-state index in [4.69, 9.17) is 0 Å². The van der Waals surface area contributed by atoms with Gasteiger partial charge in [-0.25, -0.2) is 0 Å². The number of nitrogens with zero attached hydrogens (tertiary/aromatic N) is 2. The lowest BCUT2D eigenvalue weighted by Gasteiger charge is -2.06. The van der Waals surface area contributed by atoms with Gasteiger partial charge in [0.2, 0.25) is 0 Å². The average molecular weight is 240 g/mol. The second-order valence-electron chi connectivity index (χ2n) is 4.07. The maximum atomic E-state index is 9.30. The predicted molar refractivity (Wildman–Crippen MR) is 68.4 cm³/mol. The highest BCUT2D eigenvalue weighted by molar-refractivity contribution is 5.43. The lowest BCUT2D eigenvalue weighted by Crippen LogP contribution is -1.92. The molecule has 0 aliphatic heterocycles. The van der Waals surface area contributed by atoms with Gasteiger partial charge in [-0.1, -0.05) is 0 Å². The Labute approximate surface area is 104 Å². The molecule has 90 valence electrons. The highest BCUT2D eigenvalue weighted by atomic mass is 16.3. The molecule has 3 rings (SSSR count). The van der Waals surface area contributed by atoms with Crippen molar-refractivity contribution in [1.29, 1.82) is 0 Å². The Kier molecular flexibility index (Phi) is 2.34. The van der Waals surface area contributed by atoms with Gasteiger partial charge < -0.3 is 19.3 Å². The maximum absolute atomic E-state index is 9.30. The second-order valence-corrected chi connectivity index (χ2v) is 4.07. The molecule has 0 amide bonds. The molecule has 0 unspecified atom stereocenters. The third-order valence-electron chi connectivity index (χ3n) is 2.80. The lowest BCUT2D eigenvalue weighted by molar-refractivity contribution is 0.475. The van der Waals surface area contributed by atoms with Crippen LogP contribution in [0.15, 0.2) is 61.2 Å². The highest BCUT2D eigenvalue weighted by Gasteiger charge is 2.00. The third-order valence-corrected chi connectivity index (χ3v) is 2.80. The molecule has 18 heavy (non-hydrogen) atoms. The van der Waals surface area contributed by atoms with Crippen LogP contribution in [-0.2, 0) is 0 Å². The van der Waals surface area contributed by atoms with E-state index in [1.807, 2.05) is 33.4 Å². The van der Waals surface area contributed by atoms with E-state index in [1.54, 1.807) is 36.9 Å². The van der Waals surface area contributed by atoms with Gasteiger partial charge in [0.15, 0.2) is 0 Å². The molecule has 0 saturated carbocycles. The molecule has 0 aliphatic rings. The van der Waals surface area contributed by atoms with Crippen molar-refractivity contribution in [3.63, 3.8) is 0 Å². The summed E-state index contributed by atoms with van der Waals surface area (Å²) in [5.74, 6) is 0.490. The minimum Gasteiger partial charge on any atom is -0.506 e. The van der Waals surface area contributed by atoms with Crippen LogP contribution in [0, 0.1) is 0 Å². The van der Waals surface area contributed by atoms with Crippen LogP contribution in [0.25, 0.3) is 11.4 Å². The van der Waals surface area contributed by atoms with E-state index < -0.39 is 0 Å². The standard InChI is InChI=1S/C14H12N2O2/c17-13-5-7-15(9-13)11-1-2-12(4-3-11)16-8-6-14(18)10-16/h1-10,17-18H. The van der Waals surface area contributed by atoms with Crippen LogP contribution in [0.3, 0.4) is 0 Å². The Balaban J connectivity index is 1.94. The summed E-state index contributed by atoms with van der Waals surface area (Å²) in [7, 11) is 0. The van der Waals surface area contributed by atoms with E-state index in [2.05, 4.69) is 0 Å². The molecule has 0 atom stereocenters. The van der Waals surface area contributed by atoms with Crippen molar-refractivity contribution >= 4 is 0 Å². The Bertz CT molecular complexity index is 606. The second kappa shape index (κ2) is 4.00. The smallest absolute Gasteiger partial charge is 0.133 e. The van der Waals surface area contributed by atoms with E-state index in [0.717, 1.165) is 11.4 Å². The zero-order chi connectivity index (χ0) is 12.5. The lowest BCUT2D eigenvalue weighted by atomic mass is 10.3. The molecule has 4 heteroatoms. The Hall–Kier alpha value is -2.62. The molecule has 2 aromatic heterocycles. The van der Waals surface area contributed by atoms with Crippen molar-refractivity contribution in [2.45, 2.75) is 0 Å². The topological polar surface area (TPSA) is 50.3 Å². The maximum Gasteiger partial charge on any atom is 0.133 e. The third kappa shape index (κ3) is 1.84. The summed E-state index contributed by atoms with van der Waals surface area (Å²) in [5.41, 5.74) is 1.94. The van der Waals surface area contributed by atoms with Crippen molar-refractivity contribution in [2.75, 3.05) is 0 Å². The SMILES string of the molecule is Oc1ccn(-c2ccc(-n3ccc(O)c3)cc2)c1. The molecule has 2 heterocycles. The van der Waals surface area contributed by atoms with E-state index >= 15 is 0 Å². The summed E-state index contributed by atoms with van der Waals surface area (Å²) in [5, 5.41) is 18.6. The molecular weight excluding hydrogens is 228 g/mol. The molecule has 0 spiro atoms. The summed E-state index contributed by atoms with van der Waals surface area (Å²) >= 11 is 0. The van der Waals surface area contributed by atoms with Crippen LogP contribution in [0.2, 0.25) is 0 Å². The molecule has 0 radical (unpaired) electrons. The van der Waals surface area contributed by atoms with Crippen molar-refractivity contribution < 1.29 is 10.2 Å². The van der Waals surface area contributed by atoms with Crippen molar-refractivity contribution in [3.8, 4) is 22.9 Å². The van der Waals surface area contributed by atoms with Crippen LogP contribution < -0.4 is 0 Å². The summed E-state index contributed by atoms with van der Waals surface area (Å²) in [4.78, 5) is 0. The molecular formula is C14H12N2O2. The number of hydrogen-bond donors (Lipinski definition) is 2. The van der Waals surface area contributed by atoms with Crippen LogP contribution >= 0.6 is 0 Å². The average Bonchev–Trinajstić information content (AvgIpc) is 2.98. The molecule has 2 N–H and O–H groups in total. The van der Waals surface area contributed by atoms with Crippen LogP contribution in [-0.4, -0.2) is 19.3 Å². The summed E-state index contributed by atoms with van der Waals surface area (Å²) in [6.45, 7) is 0. The number of aromatic nitrogens is 2. The number of aromatic hydroxyl groups is 2. The first-order valence-corrected chi connectivity index (χ1v) is 5.57. The van der Waals surface area contributed by atoms with Crippen LogP contribution in [0.4, 0.5) is 0 Å². The normalized spacial score (nSPS) is 10.7. The van der Waals surface area contributed by atoms with Gasteiger partial charge in [-0.2, -0.15) is 0 Å². The monoisotopic (exact) mass is 240 g/mol. The first-order chi connectivity index (χ1) is 8.72. The molecule has 4 nitrogen and oxygen atoms in total. The van der Waals surface area contributed by atoms with Crippen molar-refractivity contribution in [1.82, 2.24) is 9.13 Å². The minimum atomic E-state index is 0.245. The van der Waals surface area contributed by atoms with Crippen LogP contribution in [0.5, 0.6) is 11.5 Å². The largest absolute Gasteiger partial charge is 0.506 e. The first kappa shape index (κ1) is 10.5. The van der Waals surface area contributed by atoms with Gasteiger partial charge in [-0.05, 0) is 36.4 Å². The van der Waals surface area contributed by atoms with Crippen molar-refractivity contribution in [3.05, 3.63) is 61.2 Å². The van der Waals surface area contributed by atoms with Gasteiger partial charge in [0, 0.05) is 23.8 Å². The molecule has 0 aliphatic carbocycles. The van der Waals surface area contributed by atoms with Gasteiger partial charge in [-0.3, -0.25) is 0 Å². The van der Waals surface area contributed by atoms with E-state index in [9.17, 15) is 10.2 Å². The molecule has 1 aromatic carbocycles. The zero-order valence-corrected chi connectivity index (χ0v) is 9.56. The number of benzene rings is 1.